The van der Waals surface area contributed by atoms with Crippen molar-refractivity contribution in [1.82, 2.24) is 14.8 Å². The number of anilines is 1. The second kappa shape index (κ2) is 11.3. The summed E-state index contributed by atoms with van der Waals surface area (Å²) in [5, 5.41) is 5.72. The zero-order chi connectivity index (χ0) is 24.0. The van der Waals surface area contributed by atoms with Crippen molar-refractivity contribution in [2.45, 2.75) is 41.0 Å². The van der Waals surface area contributed by atoms with Gasteiger partial charge in [0, 0.05) is 41.5 Å². The lowest BCUT2D eigenvalue weighted by atomic mass is 10.1. The van der Waals surface area contributed by atoms with Crippen molar-refractivity contribution in [3.8, 4) is 0 Å². The second-order valence-electron chi connectivity index (χ2n) is 8.09. The van der Waals surface area contributed by atoms with E-state index in [0.717, 1.165) is 53.4 Å². The summed E-state index contributed by atoms with van der Waals surface area (Å²) in [6.45, 7) is 21.4. The summed E-state index contributed by atoms with van der Waals surface area (Å²) in [5.74, 6) is 1.71. The van der Waals surface area contributed by atoms with Gasteiger partial charge in [0.1, 0.15) is 5.82 Å². The Bertz CT molecular complexity index is 1130. The molecule has 0 spiro atoms. The predicted molar refractivity (Wildman–Crippen MR) is 147 cm³/mol. The lowest BCUT2D eigenvalue weighted by molar-refractivity contribution is 0.249. The van der Waals surface area contributed by atoms with Crippen molar-refractivity contribution in [3.63, 3.8) is 0 Å². The van der Waals surface area contributed by atoms with E-state index >= 15 is 0 Å². The monoisotopic (exact) mass is 460 g/mol. The Balaban J connectivity index is 0.00000149. The Labute approximate surface area is 203 Å². The fourth-order valence-corrected chi connectivity index (χ4v) is 4.76. The van der Waals surface area contributed by atoms with Crippen molar-refractivity contribution < 1.29 is 0 Å². The molecule has 1 fully saturated rings. The van der Waals surface area contributed by atoms with E-state index in [1.165, 1.54) is 21.7 Å². The summed E-state index contributed by atoms with van der Waals surface area (Å²) in [6.07, 6.45) is 9.55. The minimum atomic E-state index is 0.820. The Morgan fingerprint density at radius 1 is 1.15 bits per heavy atom. The number of fused-ring (bicyclic) bond motifs is 2. The zero-order valence-electron chi connectivity index (χ0n) is 20.6. The molecular weight excluding hydrogens is 424 g/mol. The molecule has 1 N–H and O–H groups in total. The summed E-state index contributed by atoms with van der Waals surface area (Å²) < 4.78 is 0. The lowest BCUT2D eigenvalue weighted by Gasteiger charge is -2.40. The third kappa shape index (κ3) is 5.91. The van der Waals surface area contributed by atoms with E-state index in [1.807, 2.05) is 27.0 Å². The number of rotatable bonds is 6. The average molecular weight is 461 g/mol. The maximum atomic E-state index is 4.62. The van der Waals surface area contributed by atoms with Crippen LogP contribution in [0.4, 0.5) is 5.82 Å². The summed E-state index contributed by atoms with van der Waals surface area (Å²) in [4.78, 5) is 11.6. The number of benzene rings is 1. The number of aromatic nitrogens is 1. The maximum Gasteiger partial charge on any atom is 0.131 e. The molecular formula is C28H36N4S. The van der Waals surface area contributed by atoms with Crippen molar-refractivity contribution in [1.29, 1.82) is 0 Å². The van der Waals surface area contributed by atoms with Crippen molar-refractivity contribution in [2.24, 2.45) is 0 Å². The molecule has 1 aromatic carbocycles. The van der Waals surface area contributed by atoms with Gasteiger partial charge in [-0.05, 0) is 60.8 Å². The number of hydrogen-bond acceptors (Lipinski definition) is 5. The normalized spacial score (nSPS) is 15.7. The topological polar surface area (TPSA) is 31.4 Å². The quantitative estimate of drug-likeness (QED) is 0.480. The van der Waals surface area contributed by atoms with Crippen LogP contribution in [0.15, 0.2) is 84.0 Å². The largest absolute Gasteiger partial charge is 0.351 e. The molecule has 0 radical (unpaired) electrons. The minimum Gasteiger partial charge on any atom is -0.351 e. The molecule has 0 bridgehead atoms. The van der Waals surface area contributed by atoms with E-state index in [9.17, 15) is 0 Å². The van der Waals surface area contributed by atoms with Gasteiger partial charge in [0.25, 0.3) is 0 Å². The maximum absolute atomic E-state index is 4.62. The smallest absolute Gasteiger partial charge is 0.131 e. The highest BCUT2D eigenvalue weighted by Gasteiger charge is 2.23. The Morgan fingerprint density at radius 2 is 1.94 bits per heavy atom. The third-order valence-electron chi connectivity index (χ3n) is 5.71. The van der Waals surface area contributed by atoms with Crippen LogP contribution in [0.25, 0.3) is 15.7 Å². The van der Waals surface area contributed by atoms with E-state index in [0.29, 0.717) is 0 Å². The number of nitrogens with one attached hydrogen (secondary N) is 1. The highest BCUT2D eigenvalue weighted by atomic mass is 32.2. The van der Waals surface area contributed by atoms with Gasteiger partial charge < -0.3 is 15.1 Å². The number of piperazine rings is 1. The first-order chi connectivity index (χ1) is 15.9. The lowest BCUT2D eigenvalue weighted by Crippen LogP contribution is -2.44. The SMILES string of the molecule is C=C(C)S/C(=C/C)c1ccc2cnc(NC(=C)N3CCN4C=CCC(C)=C4C3)cc2c1.CC. The number of hydrogen-bond donors (Lipinski definition) is 1. The average Bonchev–Trinajstić information content (AvgIpc) is 2.83. The number of pyridine rings is 1. The van der Waals surface area contributed by atoms with E-state index in [-0.39, 0.29) is 0 Å². The van der Waals surface area contributed by atoms with E-state index in [1.54, 1.807) is 11.8 Å². The van der Waals surface area contributed by atoms with Crippen LogP contribution in [-0.2, 0) is 0 Å². The van der Waals surface area contributed by atoms with Gasteiger partial charge in [-0.15, -0.1) is 0 Å². The van der Waals surface area contributed by atoms with Crippen LogP contribution in [0.3, 0.4) is 0 Å². The molecule has 4 nitrogen and oxygen atoms in total. The van der Waals surface area contributed by atoms with E-state index < -0.39 is 0 Å². The first-order valence-corrected chi connectivity index (χ1v) is 12.5. The molecule has 2 aliphatic rings. The van der Waals surface area contributed by atoms with Crippen LogP contribution < -0.4 is 5.32 Å². The Morgan fingerprint density at radius 3 is 2.67 bits per heavy atom. The molecule has 0 aliphatic carbocycles. The van der Waals surface area contributed by atoms with Gasteiger partial charge in [0.05, 0.1) is 12.4 Å². The number of allylic oxidation sites excluding steroid dienone is 4. The summed E-state index contributed by atoms with van der Waals surface area (Å²) in [7, 11) is 0. The minimum absolute atomic E-state index is 0.820. The van der Waals surface area contributed by atoms with Gasteiger partial charge in [-0.3, -0.25) is 0 Å². The van der Waals surface area contributed by atoms with Crippen molar-refractivity contribution in [3.05, 3.63) is 89.5 Å². The third-order valence-corrected chi connectivity index (χ3v) is 6.75. The molecule has 0 atom stereocenters. The van der Waals surface area contributed by atoms with Crippen molar-refractivity contribution >= 4 is 33.3 Å². The molecule has 33 heavy (non-hydrogen) atoms. The van der Waals surface area contributed by atoms with Gasteiger partial charge in [-0.2, -0.15) is 0 Å². The molecule has 1 saturated heterocycles. The van der Waals surface area contributed by atoms with Crippen LogP contribution in [0, 0.1) is 0 Å². The molecule has 1 aromatic heterocycles. The standard InChI is InChI=1S/C26H30N4S.C2H6/c1-6-25(31-18(2)3)21-9-10-22-16-27-26(15-23(22)14-21)28-20(5)30-13-12-29-11-7-8-19(4)24(29)17-30;1-2/h6-7,9-11,14-16H,2,5,8,12-13,17H2,1,3-4H3,(H,27,28);1-2H3/b25-6+;. The van der Waals surface area contributed by atoms with Crippen LogP contribution in [0.5, 0.6) is 0 Å². The second-order valence-corrected chi connectivity index (χ2v) is 9.43. The van der Waals surface area contributed by atoms with Crippen molar-refractivity contribution in [2.75, 3.05) is 25.0 Å². The van der Waals surface area contributed by atoms with Gasteiger partial charge in [-0.1, -0.05) is 63.1 Å². The fraction of sp³-hybridized carbons (Fsp3) is 0.321. The highest BCUT2D eigenvalue weighted by Crippen LogP contribution is 2.34. The molecule has 174 valence electrons. The first kappa shape index (κ1) is 24.7. The fourth-order valence-electron chi connectivity index (χ4n) is 4.03. The van der Waals surface area contributed by atoms with Crippen LogP contribution in [0.1, 0.15) is 46.6 Å². The van der Waals surface area contributed by atoms with Gasteiger partial charge in [0.2, 0.25) is 0 Å². The molecule has 3 heterocycles. The van der Waals surface area contributed by atoms with Crippen LogP contribution in [-0.4, -0.2) is 34.4 Å². The molecule has 4 rings (SSSR count). The van der Waals surface area contributed by atoms with Crippen LogP contribution >= 0.6 is 11.8 Å². The predicted octanol–water partition coefficient (Wildman–Crippen LogP) is 7.58. The molecule has 5 heteroatoms. The van der Waals surface area contributed by atoms with E-state index in [4.69, 9.17) is 0 Å². The van der Waals surface area contributed by atoms with Gasteiger partial charge in [-0.25, -0.2) is 4.98 Å². The molecule has 0 unspecified atom stereocenters. The number of nitrogens with zero attached hydrogens (tertiary/aromatic N) is 3. The van der Waals surface area contributed by atoms with Gasteiger partial charge >= 0.3 is 0 Å². The Hall–Kier alpha value is -2.92. The van der Waals surface area contributed by atoms with E-state index in [2.05, 4.69) is 89.7 Å². The van der Waals surface area contributed by atoms with Crippen LogP contribution in [0.2, 0.25) is 0 Å². The number of thioether (sulfide) groups is 1. The van der Waals surface area contributed by atoms with Gasteiger partial charge in [0.15, 0.2) is 0 Å². The summed E-state index contributed by atoms with van der Waals surface area (Å²) in [6, 6.07) is 8.60. The highest BCUT2D eigenvalue weighted by molar-refractivity contribution is 8.11. The Kier molecular flexibility index (Phi) is 8.45. The summed E-state index contributed by atoms with van der Waals surface area (Å²) >= 11 is 1.71. The molecule has 2 aromatic rings. The summed E-state index contributed by atoms with van der Waals surface area (Å²) in [5.41, 5.74) is 4.02. The molecule has 2 aliphatic heterocycles. The molecule has 0 amide bonds. The zero-order valence-corrected chi connectivity index (χ0v) is 21.4. The first-order valence-electron chi connectivity index (χ1n) is 11.7. The molecule has 0 saturated carbocycles.